The van der Waals surface area contributed by atoms with E-state index in [2.05, 4.69) is 18.2 Å². The molecular formula is C15H9N2. The smallest absolute Gasteiger partial charge is 0.0991 e. The van der Waals surface area contributed by atoms with Gasteiger partial charge < -0.3 is 0 Å². The molecule has 79 valence electrons. The Hall–Kier alpha value is -2.58. The molecule has 0 saturated heterocycles. The summed E-state index contributed by atoms with van der Waals surface area (Å²) >= 11 is 0. The molecule has 0 amide bonds. The molecule has 0 N–H and O–H groups in total. The molecule has 2 aromatic carbocycles. The van der Waals surface area contributed by atoms with Crippen LogP contribution in [0.25, 0.3) is 0 Å². The predicted octanol–water partition coefficient (Wildman–Crippen LogP) is 3.01. The van der Waals surface area contributed by atoms with Crippen LogP contribution in [0.4, 0.5) is 0 Å². The Bertz CT molecular complexity index is 588. The lowest BCUT2D eigenvalue weighted by Crippen LogP contribution is -1.98. The molecule has 0 aliphatic rings. The predicted molar refractivity (Wildman–Crippen MR) is 63.9 cm³/mol. The maximum absolute atomic E-state index is 9.25. The van der Waals surface area contributed by atoms with Gasteiger partial charge in [-0.2, -0.15) is 10.5 Å². The lowest BCUT2D eigenvalue weighted by molar-refractivity contribution is 1.04. The lowest BCUT2D eigenvalue weighted by Gasteiger charge is -2.09. The quantitative estimate of drug-likeness (QED) is 0.776. The van der Waals surface area contributed by atoms with Crippen LogP contribution in [0, 0.1) is 28.7 Å². The minimum Gasteiger partial charge on any atom is -0.197 e. The van der Waals surface area contributed by atoms with Crippen molar-refractivity contribution >= 4 is 0 Å². The van der Waals surface area contributed by atoms with Crippen LogP contribution in [0.15, 0.2) is 48.5 Å². The van der Waals surface area contributed by atoms with Gasteiger partial charge in [-0.3, -0.25) is 0 Å². The fourth-order valence-electron chi connectivity index (χ4n) is 1.72. The van der Waals surface area contributed by atoms with Crippen molar-refractivity contribution in [2.75, 3.05) is 0 Å². The second kappa shape index (κ2) is 4.96. The zero-order valence-electron chi connectivity index (χ0n) is 9.09. The van der Waals surface area contributed by atoms with Crippen molar-refractivity contribution < 1.29 is 0 Å². The molecule has 2 nitrogen and oxygen atoms in total. The first kappa shape index (κ1) is 10.9. The second-order valence-corrected chi connectivity index (χ2v) is 3.63. The molecule has 0 heterocycles. The van der Waals surface area contributed by atoms with Crippen LogP contribution in [0.1, 0.15) is 22.6 Å². The lowest BCUT2D eigenvalue weighted by atomic mass is 9.92. The van der Waals surface area contributed by atoms with E-state index in [9.17, 15) is 5.26 Å². The van der Waals surface area contributed by atoms with Crippen LogP contribution in [0.3, 0.4) is 0 Å². The first-order chi connectivity index (χ1) is 8.35. The second-order valence-electron chi connectivity index (χ2n) is 3.63. The van der Waals surface area contributed by atoms with Gasteiger partial charge in [-0.1, -0.05) is 36.4 Å². The molecule has 2 heteroatoms. The number of hydrogen-bond donors (Lipinski definition) is 0. The molecule has 0 aromatic heterocycles. The number of rotatable bonds is 2. The largest absolute Gasteiger partial charge is 0.197 e. The molecule has 1 atom stereocenters. The zero-order chi connectivity index (χ0) is 12.1. The van der Waals surface area contributed by atoms with Crippen LogP contribution in [0.2, 0.25) is 0 Å². The fraction of sp³-hybridized carbons (Fsp3) is 0.0667. The number of hydrogen-bond acceptors (Lipinski definition) is 2. The van der Waals surface area contributed by atoms with Gasteiger partial charge in [-0.25, -0.2) is 0 Å². The van der Waals surface area contributed by atoms with E-state index in [0.717, 1.165) is 11.1 Å². The monoisotopic (exact) mass is 217 g/mol. The first-order valence-corrected chi connectivity index (χ1v) is 5.21. The summed E-state index contributed by atoms with van der Waals surface area (Å²) < 4.78 is 0. The minimum atomic E-state index is -0.335. The average molecular weight is 217 g/mol. The average Bonchev–Trinajstić information content (AvgIpc) is 2.41. The van der Waals surface area contributed by atoms with Gasteiger partial charge in [-0.05, 0) is 29.3 Å². The van der Waals surface area contributed by atoms with Gasteiger partial charge in [0.15, 0.2) is 0 Å². The molecule has 0 fully saturated rings. The van der Waals surface area contributed by atoms with E-state index in [1.54, 1.807) is 30.3 Å². The SMILES string of the molecule is N#Cc1cccc(C(C#N)c2cc[c]cc2)c1. The first-order valence-electron chi connectivity index (χ1n) is 5.21. The highest BCUT2D eigenvalue weighted by atomic mass is 14.3. The van der Waals surface area contributed by atoms with Crippen molar-refractivity contribution in [3.63, 3.8) is 0 Å². The highest BCUT2D eigenvalue weighted by molar-refractivity contribution is 5.42. The summed E-state index contributed by atoms with van der Waals surface area (Å²) in [6.45, 7) is 0. The Balaban J connectivity index is 2.44. The van der Waals surface area contributed by atoms with Crippen LogP contribution < -0.4 is 0 Å². The molecule has 0 bridgehead atoms. The van der Waals surface area contributed by atoms with Crippen molar-refractivity contribution in [2.45, 2.75) is 5.92 Å². The van der Waals surface area contributed by atoms with Crippen molar-refractivity contribution in [3.8, 4) is 12.1 Å². The molecule has 0 aliphatic heterocycles. The molecule has 0 spiro atoms. The summed E-state index contributed by atoms with van der Waals surface area (Å²) in [6, 6.07) is 21.7. The highest BCUT2D eigenvalue weighted by Gasteiger charge is 2.12. The topological polar surface area (TPSA) is 47.6 Å². The Morgan fingerprint density at radius 1 is 1.00 bits per heavy atom. The van der Waals surface area contributed by atoms with E-state index >= 15 is 0 Å². The van der Waals surface area contributed by atoms with Crippen LogP contribution in [0.5, 0.6) is 0 Å². The van der Waals surface area contributed by atoms with Gasteiger partial charge in [0, 0.05) is 0 Å². The van der Waals surface area contributed by atoms with Crippen LogP contribution in [-0.2, 0) is 0 Å². The van der Waals surface area contributed by atoms with E-state index in [0.29, 0.717) is 5.56 Å². The summed E-state index contributed by atoms with van der Waals surface area (Å²) in [5.74, 6) is -0.335. The molecule has 0 saturated carbocycles. The van der Waals surface area contributed by atoms with Crippen molar-refractivity contribution in [3.05, 3.63) is 71.3 Å². The molecule has 2 rings (SSSR count). The molecule has 17 heavy (non-hydrogen) atoms. The number of nitrogens with zero attached hydrogens (tertiary/aromatic N) is 2. The third-order valence-corrected chi connectivity index (χ3v) is 2.56. The number of benzene rings is 2. The van der Waals surface area contributed by atoms with Crippen molar-refractivity contribution in [1.29, 1.82) is 10.5 Å². The Morgan fingerprint density at radius 3 is 2.41 bits per heavy atom. The molecule has 1 radical (unpaired) electrons. The van der Waals surface area contributed by atoms with Crippen LogP contribution in [-0.4, -0.2) is 0 Å². The summed E-state index contributed by atoms with van der Waals surface area (Å²) in [6.07, 6.45) is 0. The Kier molecular flexibility index (Phi) is 3.19. The third-order valence-electron chi connectivity index (χ3n) is 2.56. The summed E-state index contributed by atoms with van der Waals surface area (Å²) in [5.41, 5.74) is 2.34. The number of nitriles is 2. The van der Waals surface area contributed by atoms with Gasteiger partial charge in [0.2, 0.25) is 0 Å². The summed E-state index contributed by atoms with van der Waals surface area (Å²) in [4.78, 5) is 0. The van der Waals surface area contributed by atoms with Gasteiger partial charge >= 0.3 is 0 Å². The highest BCUT2D eigenvalue weighted by Crippen LogP contribution is 2.24. The van der Waals surface area contributed by atoms with E-state index in [-0.39, 0.29) is 5.92 Å². The van der Waals surface area contributed by atoms with E-state index in [1.807, 2.05) is 18.2 Å². The van der Waals surface area contributed by atoms with Gasteiger partial charge in [0.1, 0.15) is 0 Å². The molecule has 1 unspecified atom stereocenters. The molecule has 2 aromatic rings. The van der Waals surface area contributed by atoms with E-state index < -0.39 is 0 Å². The zero-order valence-corrected chi connectivity index (χ0v) is 9.09. The van der Waals surface area contributed by atoms with E-state index in [1.165, 1.54) is 0 Å². The van der Waals surface area contributed by atoms with Crippen molar-refractivity contribution in [1.82, 2.24) is 0 Å². The van der Waals surface area contributed by atoms with Gasteiger partial charge in [-0.15, -0.1) is 0 Å². The Morgan fingerprint density at radius 2 is 1.76 bits per heavy atom. The van der Waals surface area contributed by atoms with E-state index in [4.69, 9.17) is 5.26 Å². The Labute approximate surface area is 100 Å². The standard InChI is InChI=1S/C15H9N2/c16-10-12-5-4-8-14(9-12)15(11-17)13-6-2-1-3-7-13/h2-9,15H. The third kappa shape index (κ3) is 2.33. The fourth-order valence-corrected chi connectivity index (χ4v) is 1.72. The van der Waals surface area contributed by atoms with Crippen molar-refractivity contribution in [2.24, 2.45) is 0 Å². The summed E-state index contributed by atoms with van der Waals surface area (Å²) in [7, 11) is 0. The molecule has 0 aliphatic carbocycles. The van der Waals surface area contributed by atoms with Gasteiger partial charge in [0.05, 0.1) is 23.6 Å². The van der Waals surface area contributed by atoms with Gasteiger partial charge in [0.25, 0.3) is 0 Å². The summed E-state index contributed by atoms with van der Waals surface area (Å²) in [5, 5.41) is 18.1. The molecular weight excluding hydrogens is 208 g/mol. The maximum atomic E-state index is 9.25. The van der Waals surface area contributed by atoms with Crippen LogP contribution >= 0.6 is 0 Å². The minimum absolute atomic E-state index is 0.335. The maximum Gasteiger partial charge on any atom is 0.0991 e. The normalized spacial score (nSPS) is 11.2.